The van der Waals surface area contributed by atoms with Crippen molar-refractivity contribution in [2.75, 3.05) is 26.7 Å². The van der Waals surface area contributed by atoms with Gasteiger partial charge in [-0.05, 0) is 44.8 Å². The summed E-state index contributed by atoms with van der Waals surface area (Å²) in [5, 5.41) is 7.12. The van der Waals surface area contributed by atoms with Crippen molar-refractivity contribution in [1.29, 1.82) is 0 Å². The number of carbonyl (C=O) groups excluding carboxylic acids is 1. The third-order valence-electron chi connectivity index (χ3n) is 6.13. The van der Waals surface area contributed by atoms with Gasteiger partial charge in [-0.1, -0.05) is 30.3 Å². The number of alkyl halides is 3. The molecule has 3 fully saturated rings. The number of hydrogen-bond donors (Lipinski definition) is 1. The minimum absolute atomic E-state index is 0.260. The number of carboxylic acids is 1. The second-order valence-corrected chi connectivity index (χ2v) is 7.88. The van der Waals surface area contributed by atoms with Crippen LogP contribution in [0, 0.1) is 5.92 Å². The summed E-state index contributed by atoms with van der Waals surface area (Å²) in [4.78, 5) is 25.9. The minimum atomic E-state index is -5.08. The third-order valence-corrected chi connectivity index (χ3v) is 6.13. The molecule has 8 heteroatoms. The number of piperidine rings is 1. The number of benzene rings is 1. The van der Waals surface area contributed by atoms with Crippen LogP contribution >= 0.6 is 0 Å². The number of likely N-dealkylation sites (tertiary alicyclic amines) is 2. The molecule has 0 radical (unpaired) electrons. The van der Waals surface area contributed by atoms with E-state index in [1.165, 1.54) is 12.0 Å². The van der Waals surface area contributed by atoms with Gasteiger partial charge < -0.3 is 14.9 Å². The van der Waals surface area contributed by atoms with E-state index >= 15 is 0 Å². The van der Waals surface area contributed by atoms with Crippen LogP contribution in [0.1, 0.15) is 31.2 Å². The van der Waals surface area contributed by atoms with Gasteiger partial charge in [0.25, 0.3) is 0 Å². The molecule has 1 N–H and O–H groups in total. The predicted octanol–water partition coefficient (Wildman–Crippen LogP) is 2.90. The highest BCUT2D eigenvalue weighted by molar-refractivity contribution is 5.81. The lowest BCUT2D eigenvalue weighted by molar-refractivity contribution is -0.192. The number of amides is 1. The van der Waals surface area contributed by atoms with Crippen molar-refractivity contribution in [2.45, 2.75) is 43.3 Å². The Balaban J connectivity index is 0.000000279. The number of carboxylic acid groups (broad SMARTS) is 1. The summed E-state index contributed by atoms with van der Waals surface area (Å²) >= 11 is 0. The van der Waals surface area contributed by atoms with E-state index in [4.69, 9.17) is 9.90 Å². The Morgan fingerprint density at radius 1 is 1.11 bits per heavy atom. The molecule has 154 valence electrons. The number of nitrogens with zero attached hydrogens (tertiary/aromatic N) is 2. The molecule has 2 aliphatic heterocycles. The summed E-state index contributed by atoms with van der Waals surface area (Å²) in [5.41, 5.74) is 1.73. The Hall–Kier alpha value is -2.09. The van der Waals surface area contributed by atoms with E-state index < -0.39 is 12.1 Å². The fourth-order valence-electron chi connectivity index (χ4n) is 4.40. The Labute approximate surface area is 162 Å². The van der Waals surface area contributed by atoms with Crippen LogP contribution in [-0.2, 0) is 15.0 Å². The van der Waals surface area contributed by atoms with E-state index in [1.807, 2.05) is 0 Å². The van der Waals surface area contributed by atoms with E-state index in [9.17, 15) is 18.0 Å². The van der Waals surface area contributed by atoms with Gasteiger partial charge in [-0.3, -0.25) is 4.79 Å². The summed E-state index contributed by atoms with van der Waals surface area (Å²) in [6, 6.07) is 11.5. The van der Waals surface area contributed by atoms with Crippen molar-refractivity contribution < 1.29 is 27.9 Å². The number of carbonyl (C=O) groups is 2. The molecule has 2 heterocycles. The molecule has 3 aliphatic rings. The lowest BCUT2D eigenvalue weighted by Crippen LogP contribution is -2.56. The first-order valence-electron chi connectivity index (χ1n) is 9.50. The summed E-state index contributed by atoms with van der Waals surface area (Å²) in [6.07, 6.45) is -0.520. The van der Waals surface area contributed by atoms with Gasteiger partial charge in [0.2, 0.25) is 5.91 Å². The fourth-order valence-corrected chi connectivity index (χ4v) is 4.40. The maximum atomic E-state index is 12.4. The van der Waals surface area contributed by atoms with Gasteiger partial charge >= 0.3 is 12.1 Å². The van der Waals surface area contributed by atoms with Crippen LogP contribution in [0.2, 0.25) is 0 Å². The van der Waals surface area contributed by atoms with Crippen molar-refractivity contribution in [3.8, 4) is 0 Å². The molecule has 0 spiro atoms. The maximum Gasteiger partial charge on any atom is 0.490 e. The Morgan fingerprint density at radius 2 is 1.68 bits per heavy atom. The highest BCUT2D eigenvalue weighted by Crippen LogP contribution is 2.46. The van der Waals surface area contributed by atoms with Crippen molar-refractivity contribution in [3.63, 3.8) is 0 Å². The maximum absolute atomic E-state index is 12.4. The summed E-state index contributed by atoms with van der Waals surface area (Å²) in [7, 11) is 2.22. The molecule has 0 aromatic heterocycles. The Bertz CT molecular complexity index is 721. The van der Waals surface area contributed by atoms with E-state index in [0.29, 0.717) is 17.9 Å². The zero-order valence-electron chi connectivity index (χ0n) is 15.8. The summed E-state index contributed by atoms with van der Waals surface area (Å²) in [5.74, 6) is -2.00. The van der Waals surface area contributed by atoms with Crippen molar-refractivity contribution >= 4 is 11.9 Å². The van der Waals surface area contributed by atoms with Crippen LogP contribution in [0.5, 0.6) is 0 Å². The molecule has 1 aromatic rings. The molecule has 2 atom stereocenters. The topological polar surface area (TPSA) is 60.9 Å². The number of rotatable bonds is 2. The van der Waals surface area contributed by atoms with Crippen LogP contribution in [-0.4, -0.2) is 65.7 Å². The summed E-state index contributed by atoms with van der Waals surface area (Å²) < 4.78 is 31.7. The first-order valence-corrected chi connectivity index (χ1v) is 9.50. The average molecular weight is 398 g/mol. The highest BCUT2D eigenvalue weighted by Gasteiger charge is 2.51. The number of hydrogen-bond acceptors (Lipinski definition) is 3. The van der Waals surface area contributed by atoms with Gasteiger partial charge in [-0.2, -0.15) is 13.2 Å². The number of aliphatic carboxylic acids is 1. The molecular weight excluding hydrogens is 373 g/mol. The zero-order valence-corrected chi connectivity index (χ0v) is 15.8. The van der Waals surface area contributed by atoms with Crippen LogP contribution < -0.4 is 0 Å². The predicted molar refractivity (Wildman–Crippen MR) is 96.8 cm³/mol. The van der Waals surface area contributed by atoms with Gasteiger partial charge in [-0.15, -0.1) is 0 Å². The monoisotopic (exact) mass is 398 g/mol. The molecule has 1 amide bonds. The number of fused-ring (bicyclic) bond motifs is 1. The molecule has 4 rings (SSSR count). The van der Waals surface area contributed by atoms with E-state index in [0.717, 1.165) is 38.9 Å². The molecule has 1 aromatic carbocycles. The molecule has 0 bridgehead atoms. The molecule has 5 nitrogen and oxygen atoms in total. The molecule has 1 saturated carbocycles. The van der Waals surface area contributed by atoms with Crippen LogP contribution in [0.25, 0.3) is 0 Å². The second-order valence-electron chi connectivity index (χ2n) is 7.88. The summed E-state index contributed by atoms with van der Waals surface area (Å²) in [6.45, 7) is 3.00. The lowest BCUT2D eigenvalue weighted by atomic mass is 9.69. The van der Waals surface area contributed by atoms with Gasteiger partial charge in [0.15, 0.2) is 0 Å². The Kier molecular flexibility index (Phi) is 5.70. The van der Waals surface area contributed by atoms with Gasteiger partial charge in [0, 0.05) is 30.5 Å². The van der Waals surface area contributed by atoms with Crippen molar-refractivity contribution in [1.82, 2.24) is 9.80 Å². The molecular formula is C20H25F3N2O3. The smallest absolute Gasteiger partial charge is 0.475 e. The van der Waals surface area contributed by atoms with Crippen molar-refractivity contribution in [3.05, 3.63) is 35.9 Å². The number of likely N-dealkylation sites (N-methyl/N-ethyl adjacent to an activating group) is 1. The van der Waals surface area contributed by atoms with E-state index in [-0.39, 0.29) is 5.41 Å². The van der Waals surface area contributed by atoms with E-state index in [1.54, 1.807) is 0 Å². The third kappa shape index (κ3) is 4.16. The lowest BCUT2D eigenvalue weighted by Gasteiger charge is -2.46. The van der Waals surface area contributed by atoms with Crippen LogP contribution in [0.15, 0.2) is 30.3 Å². The first kappa shape index (κ1) is 20.6. The van der Waals surface area contributed by atoms with Crippen LogP contribution in [0.3, 0.4) is 0 Å². The SMILES string of the molecule is CN1CCC2(c3ccccc3)CCN(C(=O)C3CC3)CC12.O=C(O)C(F)(F)F. The molecule has 28 heavy (non-hydrogen) atoms. The second kappa shape index (κ2) is 7.73. The Morgan fingerprint density at radius 3 is 2.21 bits per heavy atom. The molecule has 1 aliphatic carbocycles. The van der Waals surface area contributed by atoms with Gasteiger partial charge in [0.1, 0.15) is 0 Å². The number of halogens is 3. The quantitative estimate of drug-likeness (QED) is 0.832. The fraction of sp³-hybridized carbons (Fsp3) is 0.600. The van der Waals surface area contributed by atoms with Gasteiger partial charge in [0.05, 0.1) is 0 Å². The van der Waals surface area contributed by atoms with Crippen molar-refractivity contribution in [2.24, 2.45) is 5.92 Å². The average Bonchev–Trinajstić information content (AvgIpc) is 3.46. The standard InChI is InChI=1S/C18H24N2O.C2HF3O2/c1-19-11-9-18(15-5-3-2-4-6-15)10-12-20(13-16(18)19)17(21)14-7-8-14;3-2(4,5)1(6)7/h2-6,14,16H,7-13H2,1H3;(H,6,7). The first-order chi connectivity index (χ1) is 13.1. The molecule has 2 unspecified atom stereocenters. The van der Waals surface area contributed by atoms with E-state index in [2.05, 4.69) is 47.2 Å². The minimum Gasteiger partial charge on any atom is -0.475 e. The largest absolute Gasteiger partial charge is 0.490 e. The highest BCUT2D eigenvalue weighted by atomic mass is 19.4. The van der Waals surface area contributed by atoms with Crippen LogP contribution in [0.4, 0.5) is 13.2 Å². The molecule has 2 saturated heterocycles. The van der Waals surface area contributed by atoms with Gasteiger partial charge in [-0.25, -0.2) is 4.79 Å². The zero-order chi connectivity index (χ0) is 20.5. The normalized spacial score (nSPS) is 27.6.